The van der Waals surface area contributed by atoms with Crippen LogP contribution in [0.3, 0.4) is 0 Å². The first-order valence-corrected chi connectivity index (χ1v) is 10.9. The number of nitrogens with one attached hydrogen (secondary N) is 1. The van der Waals surface area contributed by atoms with Gasteiger partial charge in [-0.1, -0.05) is 0 Å². The summed E-state index contributed by atoms with van der Waals surface area (Å²) in [6, 6.07) is 22.1. The van der Waals surface area contributed by atoms with Crippen molar-refractivity contribution in [1.29, 1.82) is 0 Å². The third-order valence-corrected chi connectivity index (χ3v) is 7.77. The van der Waals surface area contributed by atoms with Gasteiger partial charge in [0.15, 0.2) is 0 Å². The van der Waals surface area contributed by atoms with Crippen LogP contribution in [-0.2, 0) is 6.54 Å². The molecular weight excluding hydrogens is 401 g/mol. The summed E-state index contributed by atoms with van der Waals surface area (Å²) in [4.78, 5) is 0.598. The first-order valence-electron chi connectivity index (χ1n) is 7.87. The Morgan fingerprint density at radius 1 is 1.00 bits per heavy atom. The molecule has 0 heterocycles. The zero-order valence-corrected chi connectivity index (χ0v) is 16.3. The second-order valence-electron chi connectivity index (χ2n) is 5.43. The van der Waals surface area contributed by atoms with E-state index in [1.54, 1.807) is 0 Å². The number of hydrogen-bond donors (Lipinski definition) is 1. The van der Waals surface area contributed by atoms with Crippen LogP contribution in [0.2, 0.25) is 5.32 Å². The van der Waals surface area contributed by atoms with Gasteiger partial charge < -0.3 is 0 Å². The van der Waals surface area contributed by atoms with Gasteiger partial charge >= 0.3 is 149 Å². The molecule has 1 N–H and O–H groups in total. The van der Waals surface area contributed by atoms with E-state index < -0.39 is 0 Å². The van der Waals surface area contributed by atoms with Gasteiger partial charge in [-0.25, -0.2) is 0 Å². The van der Waals surface area contributed by atoms with Crippen molar-refractivity contribution in [3.8, 4) is 0 Å². The van der Waals surface area contributed by atoms with Gasteiger partial charge in [-0.15, -0.1) is 0 Å². The first kappa shape index (κ1) is 17.7. The molecule has 0 fully saturated rings. The normalized spacial score (nSPS) is 13.7. The number of rotatable bonds is 9. The Balaban J connectivity index is 1.72. The molecule has 0 aliphatic rings. The quantitative estimate of drug-likeness (QED) is 0.470. The van der Waals surface area contributed by atoms with Gasteiger partial charge in [0.1, 0.15) is 0 Å². The molecule has 118 valence electrons. The summed E-state index contributed by atoms with van der Waals surface area (Å²) >= 11 is 4.44. The Morgan fingerprint density at radius 3 is 2.27 bits per heavy atom. The average Bonchev–Trinajstić information content (AvgIpc) is 2.58. The van der Waals surface area contributed by atoms with Crippen molar-refractivity contribution < 1.29 is 0 Å². The monoisotopic (exact) mass is 425 g/mol. The molecule has 1 nitrogen and oxygen atoms in total. The van der Waals surface area contributed by atoms with E-state index in [4.69, 9.17) is 0 Å². The number of benzene rings is 2. The average molecular weight is 425 g/mol. The summed E-state index contributed by atoms with van der Waals surface area (Å²) in [7, 11) is 0. The Labute approximate surface area is 149 Å². The van der Waals surface area contributed by atoms with Crippen LogP contribution in [0.25, 0.3) is 0 Å². The maximum atomic E-state index is 3.88. The summed E-state index contributed by atoms with van der Waals surface area (Å²) in [6.07, 6.45) is 2.37. The van der Waals surface area contributed by atoms with Crippen molar-refractivity contribution in [1.82, 2.24) is 5.32 Å². The minimum absolute atomic E-state index is 0.563. The van der Waals surface area contributed by atoms with E-state index in [0.717, 1.165) is 6.54 Å². The summed E-state index contributed by atoms with van der Waals surface area (Å²) in [5, 5.41) is 4.94. The van der Waals surface area contributed by atoms with Crippen LogP contribution in [0, 0.1) is 0 Å². The number of halogens is 1. The van der Waals surface area contributed by atoms with Crippen molar-refractivity contribution in [2.45, 2.75) is 42.5 Å². The van der Waals surface area contributed by atoms with Crippen LogP contribution in [-0.4, -0.2) is 25.8 Å². The third kappa shape index (κ3) is 6.66. The van der Waals surface area contributed by atoms with Gasteiger partial charge in [0.05, 0.1) is 0 Å². The van der Waals surface area contributed by atoms with Crippen LogP contribution in [0.5, 0.6) is 0 Å². The fraction of sp³-hybridized carbons (Fsp3) is 0.368. The molecule has 0 aromatic heterocycles. The molecule has 3 heteroatoms. The maximum absolute atomic E-state index is 3.88. The van der Waals surface area contributed by atoms with Gasteiger partial charge in [-0.05, 0) is 0 Å². The molecule has 0 saturated carbocycles. The fourth-order valence-electron chi connectivity index (χ4n) is 2.33. The van der Waals surface area contributed by atoms with Crippen LogP contribution in [0.15, 0.2) is 60.7 Å². The van der Waals surface area contributed by atoms with Crippen molar-refractivity contribution in [2.24, 2.45) is 0 Å². The molecule has 0 spiro atoms. The number of alkyl halides is 1. The number of hydrogen-bond acceptors (Lipinski definition) is 1. The van der Waals surface area contributed by atoms with Gasteiger partial charge in [0.2, 0.25) is 0 Å². The summed E-state index contributed by atoms with van der Waals surface area (Å²) in [5.74, 6) is 0. The Kier molecular flexibility index (Phi) is 8.25. The van der Waals surface area contributed by atoms with E-state index in [0.29, 0.717) is 25.8 Å². The summed E-state index contributed by atoms with van der Waals surface area (Å²) < 4.78 is 1.49. The van der Waals surface area contributed by atoms with Crippen molar-refractivity contribution in [3.63, 3.8) is 0 Å². The zero-order valence-electron chi connectivity index (χ0n) is 13.0. The van der Waals surface area contributed by atoms with Crippen molar-refractivity contribution >= 4 is 35.3 Å². The molecule has 0 radical (unpaired) electrons. The molecule has 2 atom stereocenters. The van der Waals surface area contributed by atoms with E-state index in [1.165, 1.54) is 28.2 Å². The van der Waals surface area contributed by atoms with Crippen LogP contribution < -0.4 is 9.78 Å². The van der Waals surface area contributed by atoms with Crippen molar-refractivity contribution in [3.05, 3.63) is 66.2 Å². The fourth-order valence-corrected chi connectivity index (χ4v) is 5.27. The van der Waals surface area contributed by atoms with Gasteiger partial charge in [0, 0.05) is 0 Å². The van der Waals surface area contributed by atoms with Gasteiger partial charge in [0.25, 0.3) is 0 Å². The Morgan fingerprint density at radius 2 is 1.64 bits per heavy atom. The molecule has 22 heavy (non-hydrogen) atoms. The molecule has 2 rings (SSSR count). The van der Waals surface area contributed by atoms with Crippen LogP contribution in [0.4, 0.5) is 0 Å². The SMILES string of the molecule is CCC(CC(Br)C[Se]c1ccccc1)NCc1ccccc1. The predicted octanol–water partition coefficient (Wildman–Crippen LogP) is 4.16. The van der Waals surface area contributed by atoms with Crippen molar-refractivity contribution in [2.75, 3.05) is 0 Å². The Bertz CT molecular complexity index is 517. The zero-order chi connectivity index (χ0) is 15.6. The molecule has 2 aromatic rings. The van der Waals surface area contributed by atoms with E-state index >= 15 is 0 Å². The molecule has 0 aliphatic heterocycles. The van der Waals surface area contributed by atoms with Gasteiger partial charge in [-0.2, -0.15) is 0 Å². The molecule has 0 amide bonds. The molecule has 0 saturated heterocycles. The Hall–Kier alpha value is -0.601. The molecule has 0 bridgehead atoms. The standard InChI is InChI=1S/C19H24BrNSe/c1-2-18(21-14-16-9-5-3-6-10-16)13-17(20)15-22-19-11-7-4-8-12-19/h3-12,17-18,21H,2,13-15H2,1H3. The van der Waals surface area contributed by atoms with Gasteiger partial charge in [-0.3, -0.25) is 0 Å². The second kappa shape index (κ2) is 10.2. The first-order chi connectivity index (χ1) is 10.8. The second-order valence-corrected chi connectivity index (χ2v) is 9.02. The van der Waals surface area contributed by atoms with E-state index in [9.17, 15) is 0 Å². The van der Waals surface area contributed by atoms with E-state index in [2.05, 4.69) is 88.8 Å². The predicted molar refractivity (Wildman–Crippen MR) is 101 cm³/mol. The topological polar surface area (TPSA) is 12.0 Å². The molecule has 0 aliphatic carbocycles. The molecule has 2 unspecified atom stereocenters. The molecular formula is C19H24BrNSe. The van der Waals surface area contributed by atoms with Crippen LogP contribution in [0.1, 0.15) is 25.3 Å². The van der Waals surface area contributed by atoms with E-state index in [-0.39, 0.29) is 0 Å². The summed E-state index contributed by atoms with van der Waals surface area (Å²) in [5.41, 5.74) is 1.36. The summed E-state index contributed by atoms with van der Waals surface area (Å²) in [6.45, 7) is 3.23. The van der Waals surface area contributed by atoms with Crippen LogP contribution >= 0.6 is 15.9 Å². The van der Waals surface area contributed by atoms with E-state index in [1.807, 2.05) is 0 Å². The molecule has 2 aromatic carbocycles. The minimum atomic E-state index is 0.563. The third-order valence-electron chi connectivity index (χ3n) is 3.64.